The lowest BCUT2D eigenvalue weighted by Crippen LogP contribution is -2.30. The molecule has 1 unspecified atom stereocenters. The first-order valence-corrected chi connectivity index (χ1v) is 12.7. The smallest absolute Gasteiger partial charge is 0.406 e. The third kappa shape index (κ3) is 6.06. The molecule has 1 saturated carbocycles. The number of carbonyl (C=O) groups is 1. The Morgan fingerprint density at radius 3 is 2.61 bits per heavy atom. The third-order valence-electron chi connectivity index (χ3n) is 5.56. The second kappa shape index (κ2) is 10.0. The molecule has 1 aromatic heterocycles. The summed E-state index contributed by atoms with van der Waals surface area (Å²) < 4.78 is 42.5. The number of alkyl halides is 3. The lowest BCUT2D eigenvalue weighted by molar-refractivity contribution is -0.274. The van der Waals surface area contributed by atoms with Gasteiger partial charge in [0, 0.05) is 23.4 Å². The summed E-state index contributed by atoms with van der Waals surface area (Å²) in [5, 5.41) is 3.52. The Kier molecular flexibility index (Phi) is 7.28. The molecule has 1 aliphatic carbocycles. The highest BCUT2D eigenvalue weighted by molar-refractivity contribution is 8.00. The van der Waals surface area contributed by atoms with Crippen LogP contribution < -0.4 is 15.6 Å². The molecule has 4 rings (SSSR count). The van der Waals surface area contributed by atoms with Crippen molar-refractivity contribution in [2.45, 2.75) is 73.2 Å². The van der Waals surface area contributed by atoms with Gasteiger partial charge < -0.3 is 10.1 Å². The topological polar surface area (TPSA) is 73.2 Å². The van der Waals surface area contributed by atoms with Crippen molar-refractivity contribution in [1.82, 2.24) is 9.55 Å². The average molecular weight is 500 g/mol. The number of fused-ring (bicyclic) bond motifs is 1. The number of benzene rings is 1. The molecule has 1 N–H and O–H groups in total. The molecular weight excluding hydrogens is 475 g/mol. The lowest BCUT2D eigenvalue weighted by Gasteiger charge is -2.26. The molecule has 1 aromatic carbocycles. The van der Waals surface area contributed by atoms with Gasteiger partial charge in [0.1, 0.15) is 5.75 Å². The molecule has 0 bridgehead atoms. The van der Waals surface area contributed by atoms with Crippen molar-refractivity contribution in [3.8, 4) is 5.75 Å². The van der Waals surface area contributed by atoms with Gasteiger partial charge in [-0.3, -0.25) is 14.2 Å². The van der Waals surface area contributed by atoms with E-state index in [1.165, 1.54) is 23.9 Å². The van der Waals surface area contributed by atoms with Crippen LogP contribution in [0.4, 0.5) is 18.9 Å². The summed E-state index contributed by atoms with van der Waals surface area (Å²) in [7, 11) is 0. The predicted octanol–water partition coefficient (Wildman–Crippen LogP) is 5.41. The summed E-state index contributed by atoms with van der Waals surface area (Å²) in [6.07, 6.45) is 1.10. The van der Waals surface area contributed by atoms with Crippen molar-refractivity contribution in [2.75, 3.05) is 11.1 Å². The third-order valence-corrected chi connectivity index (χ3v) is 7.72. The molecule has 1 atom stereocenters. The minimum atomic E-state index is -4.77. The number of amides is 1. The summed E-state index contributed by atoms with van der Waals surface area (Å²) in [4.78, 5) is 31.3. The number of carbonyl (C=O) groups excluding carboxylic acids is 1. The van der Waals surface area contributed by atoms with E-state index in [0.29, 0.717) is 16.1 Å². The van der Waals surface area contributed by atoms with Crippen LogP contribution in [-0.2, 0) is 11.2 Å². The van der Waals surface area contributed by atoms with Gasteiger partial charge in [0.15, 0.2) is 5.16 Å². The number of halogens is 3. The minimum Gasteiger partial charge on any atom is -0.406 e. The molecule has 33 heavy (non-hydrogen) atoms. The highest BCUT2D eigenvalue weighted by Crippen LogP contribution is 2.37. The van der Waals surface area contributed by atoms with Gasteiger partial charge in [0.2, 0.25) is 5.91 Å². The van der Waals surface area contributed by atoms with Crippen LogP contribution in [0.5, 0.6) is 5.75 Å². The van der Waals surface area contributed by atoms with Crippen molar-refractivity contribution >= 4 is 35.1 Å². The normalized spacial score (nSPS) is 18.7. The Labute approximate surface area is 197 Å². The Balaban J connectivity index is 1.46. The van der Waals surface area contributed by atoms with Gasteiger partial charge in [-0.15, -0.1) is 24.9 Å². The maximum atomic E-state index is 13.3. The molecule has 178 valence electrons. The molecule has 6 nitrogen and oxygen atoms in total. The molecule has 0 radical (unpaired) electrons. The van der Waals surface area contributed by atoms with Crippen LogP contribution in [0.1, 0.15) is 50.8 Å². The second-order valence-corrected chi connectivity index (χ2v) is 10.6. The van der Waals surface area contributed by atoms with Crippen LogP contribution in [0.3, 0.4) is 0 Å². The molecule has 0 saturated heterocycles. The first-order chi connectivity index (χ1) is 15.7. The summed E-state index contributed by atoms with van der Waals surface area (Å²) in [5.74, 6) is -0.667. The second-order valence-electron chi connectivity index (χ2n) is 8.18. The fourth-order valence-electron chi connectivity index (χ4n) is 4.14. The Bertz CT molecular complexity index is 1070. The van der Waals surface area contributed by atoms with E-state index in [4.69, 9.17) is 4.98 Å². The van der Waals surface area contributed by atoms with E-state index in [2.05, 4.69) is 17.0 Å². The maximum absolute atomic E-state index is 13.3. The van der Waals surface area contributed by atoms with Gasteiger partial charge in [-0.05, 0) is 37.1 Å². The molecule has 2 heterocycles. The molecule has 11 heteroatoms. The molecular formula is C22H24F3N3O3S2. The summed E-state index contributed by atoms with van der Waals surface area (Å²) >= 11 is 2.79. The van der Waals surface area contributed by atoms with Crippen LogP contribution >= 0.6 is 23.5 Å². The van der Waals surface area contributed by atoms with Crippen LogP contribution in [0.2, 0.25) is 0 Å². The standard InChI is InChI=1S/C22H24F3N3O3S2/c1-13-11-17-19(33-13)20(30)28(15-5-3-2-4-6-15)21(27-17)32-12-18(29)26-14-7-9-16(10-8-14)31-22(23,24)25/h7-10,13,15H,2-6,11-12H2,1H3,(H,26,29). The Morgan fingerprint density at radius 1 is 1.24 bits per heavy atom. The van der Waals surface area contributed by atoms with E-state index >= 15 is 0 Å². The fraction of sp³-hybridized carbons (Fsp3) is 0.500. The first kappa shape index (κ1) is 24.0. The van der Waals surface area contributed by atoms with Crippen LogP contribution in [0.25, 0.3) is 0 Å². The SMILES string of the molecule is CC1Cc2nc(SCC(=O)Nc3ccc(OC(F)(F)F)cc3)n(C3CCCCC3)c(=O)c2S1. The molecule has 1 aliphatic heterocycles. The minimum absolute atomic E-state index is 0.00980. The Morgan fingerprint density at radius 2 is 1.94 bits per heavy atom. The number of hydrogen-bond donors (Lipinski definition) is 1. The quantitative estimate of drug-likeness (QED) is 0.423. The summed E-state index contributed by atoms with van der Waals surface area (Å²) in [5.41, 5.74) is 1.14. The van der Waals surface area contributed by atoms with Gasteiger partial charge in [0.25, 0.3) is 5.56 Å². The number of nitrogens with zero attached hydrogens (tertiary/aromatic N) is 2. The van der Waals surface area contributed by atoms with Gasteiger partial charge in [-0.25, -0.2) is 4.98 Å². The highest BCUT2D eigenvalue weighted by atomic mass is 32.2. The fourth-order valence-corrected chi connectivity index (χ4v) is 6.13. The molecule has 0 spiro atoms. The largest absolute Gasteiger partial charge is 0.573 e. The summed E-state index contributed by atoms with van der Waals surface area (Å²) in [6, 6.07) is 5.05. The zero-order chi connectivity index (χ0) is 23.6. The van der Waals surface area contributed by atoms with E-state index in [0.717, 1.165) is 61.2 Å². The average Bonchev–Trinajstić information content (AvgIpc) is 3.14. The van der Waals surface area contributed by atoms with Gasteiger partial charge in [-0.1, -0.05) is 37.9 Å². The number of hydrogen-bond acceptors (Lipinski definition) is 6. The molecule has 2 aliphatic rings. The van der Waals surface area contributed by atoms with Crippen molar-refractivity contribution in [1.29, 1.82) is 0 Å². The highest BCUT2D eigenvalue weighted by Gasteiger charge is 2.31. The number of nitrogens with one attached hydrogen (secondary N) is 1. The molecule has 1 fully saturated rings. The van der Waals surface area contributed by atoms with Crippen LogP contribution in [0.15, 0.2) is 39.1 Å². The predicted molar refractivity (Wildman–Crippen MR) is 122 cm³/mol. The van der Waals surface area contributed by atoms with E-state index in [1.54, 1.807) is 16.3 Å². The lowest BCUT2D eigenvalue weighted by atomic mass is 9.95. The molecule has 2 aromatic rings. The number of thioether (sulfide) groups is 2. The molecule has 1 amide bonds. The van der Waals surface area contributed by atoms with Gasteiger partial charge in [-0.2, -0.15) is 0 Å². The van der Waals surface area contributed by atoms with Crippen LogP contribution in [-0.4, -0.2) is 32.8 Å². The van der Waals surface area contributed by atoms with Gasteiger partial charge >= 0.3 is 6.36 Å². The first-order valence-electron chi connectivity index (χ1n) is 10.8. The van der Waals surface area contributed by atoms with Crippen molar-refractivity contribution in [2.24, 2.45) is 0 Å². The van der Waals surface area contributed by atoms with Crippen molar-refractivity contribution in [3.63, 3.8) is 0 Å². The number of aromatic nitrogens is 2. The zero-order valence-electron chi connectivity index (χ0n) is 18.0. The Hall–Kier alpha value is -2.14. The van der Waals surface area contributed by atoms with E-state index in [1.807, 2.05) is 0 Å². The summed E-state index contributed by atoms with van der Waals surface area (Å²) in [6.45, 7) is 2.07. The van der Waals surface area contributed by atoms with E-state index in [9.17, 15) is 22.8 Å². The van der Waals surface area contributed by atoms with Crippen molar-refractivity contribution < 1.29 is 22.7 Å². The number of ether oxygens (including phenoxy) is 1. The van der Waals surface area contributed by atoms with Crippen LogP contribution in [0, 0.1) is 0 Å². The number of anilines is 1. The van der Waals surface area contributed by atoms with E-state index < -0.39 is 6.36 Å². The number of rotatable bonds is 6. The zero-order valence-corrected chi connectivity index (χ0v) is 19.6. The monoisotopic (exact) mass is 499 g/mol. The van der Waals surface area contributed by atoms with Gasteiger partial charge in [0.05, 0.1) is 16.3 Å². The maximum Gasteiger partial charge on any atom is 0.573 e. The van der Waals surface area contributed by atoms with Crippen molar-refractivity contribution in [3.05, 3.63) is 40.3 Å². The van der Waals surface area contributed by atoms with E-state index in [-0.39, 0.29) is 29.0 Å².